The summed E-state index contributed by atoms with van der Waals surface area (Å²) in [5, 5.41) is 1.45. The van der Waals surface area contributed by atoms with Gasteiger partial charge in [0.25, 0.3) is 5.56 Å². The number of halogens is 1. The molecule has 3 aromatic rings. The van der Waals surface area contributed by atoms with Gasteiger partial charge in [0.05, 0.1) is 22.4 Å². The summed E-state index contributed by atoms with van der Waals surface area (Å²) in [6.07, 6.45) is 5.79. The van der Waals surface area contributed by atoms with Crippen LogP contribution in [-0.2, 0) is 24.2 Å². The van der Waals surface area contributed by atoms with Crippen molar-refractivity contribution in [1.82, 2.24) is 14.5 Å². The number of hydrogen-bond donors (Lipinski definition) is 0. The van der Waals surface area contributed by atoms with E-state index in [4.69, 9.17) is 11.6 Å². The second-order valence-corrected chi connectivity index (χ2v) is 9.38. The molecule has 8 heteroatoms. The molecular weight excluding hydrogens is 420 g/mol. The third-order valence-electron chi connectivity index (χ3n) is 6.07. The van der Waals surface area contributed by atoms with Gasteiger partial charge in [0, 0.05) is 31.1 Å². The molecule has 5 rings (SSSR count). The molecule has 2 aliphatic rings. The first kappa shape index (κ1) is 19.6. The summed E-state index contributed by atoms with van der Waals surface area (Å²) in [7, 11) is 0. The lowest BCUT2D eigenvalue weighted by Crippen LogP contribution is -2.50. The highest BCUT2D eigenvalue weighted by Gasteiger charge is 2.24. The van der Waals surface area contributed by atoms with Crippen LogP contribution in [0.25, 0.3) is 10.2 Å². The van der Waals surface area contributed by atoms with Crippen LogP contribution in [0.5, 0.6) is 0 Å². The molecule has 0 unspecified atom stereocenters. The molecular formula is C22H23ClN4O2S. The van der Waals surface area contributed by atoms with Crippen molar-refractivity contribution in [3.05, 3.63) is 56.4 Å². The Hall–Kier alpha value is -2.38. The molecule has 30 heavy (non-hydrogen) atoms. The zero-order valence-electron chi connectivity index (χ0n) is 16.6. The van der Waals surface area contributed by atoms with E-state index in [1.165, 1.54) is 22.2 Å². The van der Waals surface area contributed by atoms with Crippen LogP contribution in [-0.4, -0.2) is 46.5 Å². The van der Waals surface area contributed by atoms with E-state index < -0.39 is 0 Å². The number of amides is 1. The normalized spacial score (nSPS) is 16.7. The molecule has 0 saturated carbocycles. The fourth-order valence-corrected chi connectivity index (χ4v) is 5.92. The number of benzene rings is 1. The number of hydrogen-bond acceptors (Lipinski definition) is 5. The largest absolute Gasteiger partial charge is 0.367 e. The first-order valence-electron chi connectivity index (χ1n) is 10.4. The standard InChI is InChI=1S/C22H23ClN4O2S/c23-16-6-2-3-7-17(16)25-9-11-26(12-10-25)19(28)13-27-14-24-21-20(22(27)29)15-5-1-4-8-18(15)30-21/h2-3,6-7,14H,1,4-5,8-13H2. The Morgan fingerprint density at radius 3 is 2.67 bits per heavy atom. The fourth-order valence-electron chi connectivity index (χ4n) is 4.44. The molecule has 156 valence electrons. The topological polar surface area (TPSA) is 58.4 Å². The van der Waals surface area contributed by atoms with E-state index in [0.29, 0.717) is 13.1 Å². The molecule has 0 radical (unpaired) electrons. The molecule has 1 amide bonds. The Morgan fingerprint density at radius 2 is 1.87 bits per heavy atom. The summed E-state index contributed by atoms with van der Waals surface area (Å²) >= 11 is 7.94. The van der Waals surface area contributed by atoms with Gasteiger partial charge in [-0.15, -0.1) is 11.3 Å². The molecule has 1 fully saturated rings. The number of carbonyl (C=O) groups excluding carboxylic acids is 1. The van der Waals surface area contributed by atoms with E-state index in [1.807, 2.05) is 29.2 Å². The van der Waals surface area contributed by atoms with Crippen LogP contribution in [0.3, 0.4) is 0 Å². The number of nitrogens with zero attached hydrogens (tertiary/aromatic N) is 4. The minimum atomic E-state index is -0.0811. The molecule has 0 N–H and O–H groups in total. The second-order valence-electron chi connectivity index (χ2n) is 7.89. The molecule has 0 atom stereocenters. The maximum atomic E-state index is 13.1. The van der Waals surface area contributed by atoms with Crippen molar-refractivity contribution in [3.63, 3.8) is 0 Å². The van der Waals surface area contributed by atoms with Crippen molar-refractivity contribution in [2.75, 3.05) is 31.1 Å². The van der Waals surface area contributed by atoms with Crippen LogP contribution in [0.15, 0.2) is 35.4 Å². The van der Waals surface area contributed by atoms with Gasteiger partial charge in [0.15, 0.2) is 0 Å². The molecule has 3 heterocycles. The van der Waals surface area contributed by atoms with Crippen molar-refractivity contribution in [2.45, 2.75) is 32.2 Å². The van der Waals surface area contributed by atoms with Gasteiger partial charge in [-0.3, -0.25) is 14.2 Å². The average molecular weight is 443 g/mol. The Bertz CT molecular complexity index is 1160. The Kier molecular flexibility index (Phi) is 5.25. The lowest BCUT2D eigenvalue weighted by atomic mass is 9.97. The van der Waals surface area contributed by atoms with Crippen LogP contribution >= 0.6 is 22.9 Å². The lowest BCUT2D eigenvalue weighted by molar-refractivity contribution is -0.132. The van der Waals surface area contributed by atoms with Crippen LogP contribution in [0.2, 0.25) is 5.02 Å². The van der Waals surface area contributed by atoms with Gasteiger partial charge >= 0.3 is 0 Å². The second kappa shape index (κ2) is 8.04. The van der Waals surface area contributed by atoms with Crippen molar-refractivity contribution < 1.29 is 4.79 Å². The highest BCUT2D eigenvalue weighted by molar-refractivity contribution is 7.18. The number of anilines is 1. The molecule has 2 aromatic heterocycles. The number of fused-ring (bicyclic) bond motifs is 3. The SMILES string of the molecule is O=C(Cn1cnc2sc3c(c2c1=O)CCCC3)N1CCN(c2ccccc2Cl)CC1. The first-order valence-corrected chi connectivity index (χ1v) is 11.6. The Balaban J connectivity index is 1.30. The van der Waals surface area contributed by atoms with E-state index in [-0.39, 0.29) is 18.0 Å². The summed E-state index contributed by atoms with van der Waals surface area (Å²) in [6.45, 7) is 2.71. The van der Waals surface area contributed by atoms with E-state index in [2.05, 4.69) is 9.88 Å². The van der Waals surface area contributed by atoms with E-state index in [1.54, 1.807) is 11.3 Å². The first-order chi connectivity index (χ1) is 14.6. The molecule has 1 aromatic carbocycles. The highest BCUT2D eigenvalue weighted by atomic mass is 35.5. The number of piperazine rings is 1. The molecule has 1 aliphatic carbocycles. The number of aryl methyl sites for hydroxylation is 2. The quantitative estimate of drug-likeness (QED) is 0.624. The van der Waals surface area contributed by atoms with Gasteiger partial charge < -0.3 is 9.80 Å². The summed E-state index contributed by atoms with van der Waals surface area (Å²) in [5.74, 6) is -0.0406. The zero-order chi connectivity index (χ0) is 20.7. The maximum Gasteiger partial charge on any atom is 0.262 e. The predicted octanol–water partition coefficient (Wildman–Crippen LogP) is 3.34. The van der Waals surface area contributed by atoms with Gasteiger partial charge in [-0.2, -0.15) is 0 Å². The maximum absolute atomic E-state index is 13.1. The number of thiophene rings is 1. The van der Waals surface area contributed by atoms with Crippen LogP contribution in [0, 0.1) is 0 Å². The van der Waals surface area contributed by atoms with Gasteiger partial charge in [-0.1, -0.05) is 23.7 Å². The van der Waals surface area contributed by atoms with Gasteiger partial charge in [0.2, 0.25) is 5.91 Å². The van der Waals surface area contributed by atoms with Gasteiger partial charge in [-0.05, 0) is 43.4 Å². The summed E-state index contributed by atoms with van der Waals surface area (Å²) in [4.78, 5) is 36.6. The average Bonchev–Trinajstić information content (AvgIpc) is 3.15. The van der Waals surface area contributed by atoms with Crippen LogP contribution < -0.4 is 10.5 Å². The third-order valence-corrected chi connectivity index (χ3v) is 7.59. The summed E-state index contributed by atoms with van der Waals surface area (Å²) in [6, 6.07) is 7.77. The monoisotopic (exact) mass is 442 g/mol. The number of rotatable bonds is 3. The van der Waals surface area contributed by atoms with Gasteiger partial charge in [-0.25, -0.2) is 4.98 Å². The van der Waals surface area contributed by atoms with Crippen molar-refractivity contribution in [1.29, 1.82) is 0 Å². The van der Waals surface area contributed by atoms with Crippen molar-refractivity contribution in [2.24, 2.45) is 0 Å². The number of carbonyl (C=O) groups is 1. The summed E-state index contributed by atoms with van der Waals surface area (Å²) < 4.78 is 1.48. The van der Waals surface area contributed by atoms with Crippen LogP contribution in [0.1, 0.15) is 23.3 Å². The van der Waals surface area contributed by atoms with E-state index >= 15 is 0 Å². The van der Waals surface area contributed by atoms with Crippen molar-refractivity contribution >= 4 is 44.7 Å². The van der Waals surface area contributed by atoms with Crippen molar-refractivity contribution in [3.8, 4) is 0 Å². The smallest absolute Gasteiger partial charge is 0.262 e. The highest BCUT2D eigenvalue weighted by Crippen LogP contribution is 2.33. The molecule has 6 nitrogen and oxygen atoms in total. The van der Waals surface area contributed by atoms with Crippen LogP contribution in [0.4, 0.5) is 5.69 Å². The van der Waals surface area contributed by atoms with E-state index in [9.17, 15) is 9.59 Å². The Morgan fingerprint density at radius 1 is 1.10 bits per heavy atom. The molecule has 1 aliphatic heterocycles. The Labute approximate surface area is 183 Å². The molecule has 0 spiro atoms. The number of para-hydroxylation sites is 1. The molecule has 1 saturated heterocycles. The lowest BCUT2D eigenvalue weighted by Gasteiger charge is -2.36. The zero-order valence-corrected chi connectivity index (χ0v) is 18.2. The third kappa shape index (κ3) is 3.50. The van der Waals surface area contributed by atoms with E-state index in [0.717, 1.165) is 58.8 Å². The van der Waals surface area contributed by atoms with Gasteiger partial charge in [0.1, 0.15) is 11.4 Å². The minimum absolute atomic E-state index is 0.0402. The molecule has 0 bridgehead atoms. The number of aromatic nitrogens is 2. The predicted molar refractivity (Wildman–Crippen MR) is 121 cm³/mol. The fraction of sp³-hybridized carbons (Fsp3) is 0.409. The summed E-state index contributed by atoms with van der Waals surface area (Å²) in [5.41, 5.74) is 2.08. The minimum Gasteiger partial charge on any atom is -0.367 e.